The van der Waals surface area contributed by atoms with Crippen LogP contribution < -0.4 is 0 Å². The molecule has 0 atom stereocenters. The molecule has 0 aliphatic heterocycles. The second-order valence-electron chi connectivity index (χ2n) is 2.44. The molecule has 0 fully saturated rings. The van der Waals surface area contributed by atoms with Gasteiger partial charge >= 0.3 is 5.97 Å². The van der Waals surface area contributed by atoms with Crippen LogP contribution in [0.4, 0.5) is 0 Å². The number of carboxylic acid groups (broad SMARTS) is 1. The first-order chi connectivity index (χ1) is 5.68. The summed E-state index contributed by atoms with van der Waals surface area (Å²) in [5, 5.41) is 13.6. The molecule has 0 aliphatic rings. The zero-order chi connectivity index (χ0) is 8.72. The minimum atomic E-state index is -0.879. The van der Waals surface area contributed by atoms with E-state index in [0.717, 1.165) is 10.2 Å². The third kappa shape index (κ3) is 0.902. The number of aromatic nitrogens is 2. The highest BCUT2D eigenvalue weighted by atomic mass is 32.1. The number of rotatable bonds is 1. The molecule has 2 aromatic rings. The maximum atomic E-state index is 10.6. The summed E-state index contributed by atoms with van der Waals surface area (Å²) < 4.78 is 1.67. The van der Waals surface area contributed by atoms with E-state index in [0.29, 0.717) is 4.88 Å². The maximum Gasteiger partial charge on any atom is 0.345 e. The van der Waals surface area contributed by atoms with Crippen LogP contribution >= 0.6 is 11.3 Å². The second-order valence-corrected chi connectivity index (χ2v) is 3.48. The Morgan fingerprint density at radius 3 is 3.08 bits per heavy atom. The number of thiophene rings is 1. The first-order valence-corrected chi connectivity index (χ1v) is 4.15. The van der Waals surface area contributed by atoms with Gasteiger partial charge in [0.15, 0.2) is 0 Å². The van der Waals surface area contributed by atoms with Crippen molar-refractivity contribution in [2.75, 3.05) is 0 Å². The first kappa shape index (κ1) is 7.30. The zero-order valence-electron chi connectivity index (χ0n) is 6.31. The monoisotopic (exact) mass is 182 g/mol. The molecule has 12 heavy (non-hydrogen) atoms. The topological polar surface area (TPSA) is 55.1 Å². The largest absolute Gasteiger partial charge is 0.477 e. The minimum Gasteiger partial charge on any atom is -0.477 e. The fourth-order valence-corrected chi connectivity index (χ4v) is 1.94. The third-order valence-electron chi connectivity index (χ3n) is 1.61. The minimum absolute atomic E-state index is 0.359. The number of hydrogen-bond donors (Lipinski definition) is 1. The molecule has 0 saturated heterocycles. The molecule has 2 rings (SSSR count). The Balaban J connectivity index is 2.70. The highest BCUT2D eigenvalue weighted by Gasteiger charge is 2.10. The van der Waals surface area contributed by atoms with E-state index in [1.54, 1.807) is 24.0 Å². The molecule has 1 N–H and O–H groups in total. The molecule has 0 radical (unpaired) electrons. The Kier molecular flexibility index (Phi) is 1.41. The summed E-state index contributed by atoms with van der Waals surface area (Å²) in [6, 6.07) is 1.63. The summed E-state index contributed by atoms with van der Waals surface area (Å²) >= 11 is 1.24. The van der Waals surface area contributed by atoms with E-state index < -0.39 is 5.97 Å². The molecular formula is C7H6N2O2S. The lowest BCUT2D eigenvalue weighted by atomic mass is 10.4. The van der Waals surface area contributed by atoms with Crippen molar-refractivity contribution in [1.82, 2.24) is 9.78 Å². The zero-order valence-corrected chi connectivity index (χ0v) is 7.13. The van der Waals surface area contributed by atoms with Gasteiger partial charge < -0.3 is 5.11 Å². The van der Waals surface area contributed by atoms with Crippen molar-refractivity contribution in [1.29, 1.82) is 0 Å². The van der Waals surface area contributed by atoms with Gasteiger partial charge in [-0.2, -0.15) is 5.10 Å². The number of nitrogens with zero attached hydrogens (tertiary/aromatic N) is 2. The van der Waals surface area contributed by atoms with E-state index in [2.05, 4.69) is 5.10 Å². The van der Waals surface area contributed by atoms with Crippen molar-refractivity contribution in [3.63, 3.8) is 0 Å². The molecule has 0 unspecified atom stereocenters. The van der Waals surface area contributed by atoms with Crippen molar-refractivity contribution in [3.8, 4) is 0 Å². The number of carbonyl (C=O) groups is 1. The number of aryl methyl sites for hydroxylation is 1. The molecule has 5 heteroatoms. The summed E-state index contributed by atoms with van der Waals surface area (Å²) in [6.45, 7) is 0. The normalized spacial score (nSPS) is 10.8. The molecule has 0 saturated carbocycles. The van der Waals surface area contributed by atoms with Gasteiger partial charge in [-0.05, 0) is 6.07 Å². The van der Waals surface area contributed by atoms with Gasteiger partial charge in [0.2, 0.25) is 0 Å². The Hall–Kier alpha value is -1.36. The van der Waals surface area contributed by atoms with E-state index >= 15 is 0 Å². The van der Waals surface area contributed by atoms with Crippen molar-refractivity contribution in [3.05, 3.63) is 17.1 Å². The molecule has 2 heterocycles. The van der Waals surface area contributed by atoms with Crippen LogP contribution in [-0.4, -0.2) is 20.9 Å². The van der Waals surface area contributed by atoms with Gasteiger partial charge in [0, 0.05) is 12.4 Å². The third-order valence-corrected chi connectivity index (χ3v) is 2.82. The van der Waals surface area contributed by atoms with Crippen LogP contribution in [0.15, 0.2) is 12.3 Å². The summed E-state index contributed by atoms with van der Waals surface area (Å²) in [4.78, 5) is 11.8. The molecule has 62 valence electrons. The number of fused-ring (bicyclic) bond motifs is 1. The van der Waals surface area contributed by atoms with Crippen LogP contribution in [-0.2, 0) is 7.05 Å². The predicted octanol–water partition coefficient (Wildman–Crippen LogP) is 1.33. The van der Waals surface area contributed by atoms with Crippen LogP contribution in [0, 0.1) is 0 Å². The lowest BCUT2D eigenvalue weighted by Gasteiger charge is -1.86. The van der Waals surface area contributed by atoms with Crippen molar-refractivity contribution in [2.24, 2.45) is 7.05 Å². The lowest BCUT2D eigenvalue weighted by molar-refractivity contribution is 0.0702. The van der Waals surface area contributed by atoms with Crippen molar-refractivity contribution in [2.45, 2.75) is 0 Å². The Labute approximate surface area is 72.0 Å². The molecule has 0 bridgehead atoms. The van der Waals surface area contributed by atoms with Crippen LogP contribution in [0.3, 0.4) is 0 Å². The highest BCUT2D eigenvalue weighted by Crippen LogP contribution is 2.24. The molecule has 0 amide bonds. The van der Waals surface area contributed by atoms with Crippen LogP contribution in [0.1, 0.15) is 9.67 Å². The smallest absolute Gasteiger partial charge is 0.345 e. The van der Waals surface area contributed by atoms with Gasteiger partial charge in [-0.3, -0.25) is 4.68 Å². The van der Waals surface area contributed by atoms with Gasteiger partial charge in [-0.1, -0.05) is 0 Å². The summed E-state index contributed by atoms with van der Waals surface area (Å²) in [5.41, 5.74) is 0. The van der Waals surface area contributed by atoms with Gasteiger partial charge in [0.05, 0.1) is 6.20 Å². The summed E-state index contributed by atoms with van der Waals surface area (Å²) in [7, 11) is 1.80. The molecule has 0 aliphatic carbocycles. The van der Waals surface area contributed by atoms with Crippen LogP contribution in [0.25, 0.3) is 10.2 Å². The lowest BCUT2D eigenvalue weighted by Crippen LogP contribution is -1.90. The van der Waals surface area contributed by atoms with E-state index in [-0.39, 0.29) is 0 Å². The quantitative estimate of drug-likeness (QED) is 0.723. The Morgan fingerprint density at radius 2 is 2.50 bits per heavy atom. The highest BCUT2D eigenvalue weighted by molar-refractivity contribution is 7.20. The standard InChI is InChI=1S/C7H6N2O2S/c1-9-6-4(3-8-9)2-5(12-6)7(10)11/h2-3H,1H3,(H,10,11). The second kappa shape index (κ2) is 2.31. The molecule has 4 nitrogen and oxygen atoms in total. The number of hydrogen-bond acceptors (Lipinski definition) is 3. The van der Waals surface area contributed by atoms with E-state index in [4.69, 9.17) is 5.11 Å². The number of aromatic carboxylic acids is 1. The van der Waals surface area contributed by atoms with Crippen LogP contribution in [0.2, 0.25) is 0 Å². The molecule has 0 aromatic carbocycles. The molecule has 2 aromatic heterocycles. The van der Waals surface area contributed by atoms with E-state index in [1.807, 2.05) is 0 Å². The van der Waals surface area contributed by atoms with Gasteiger partial charge in [0.25, 0.3) is 0 Å². The first-order valence-electron chi connectivity index (χ1n) is 3.33. The molecule has 0 spiro atoms. The average Bonchev–Trinajstić information content (AvgIpc) is 2.53. The van der Waals surface area contributed by atoms with Gasteiger partial charge in [-0.25, -0.2) is 4.79 Å². The Morgan fingerprint density at radius 1 is 1.75 bits per heavy atom. The Bertz CT molecular complexity index is 443. The molecular weight excluding hydrogens is 176 g/mol. The fourth-order valence-electron chi connectivity index (χ4n) is 1.05. The summed E-state index contributed by atoms with van der Waals surface area (Å²) in [5.74, 6) is -0.879. The SMILES string of the molecule is Cn1ncc2cc(C(=O)O)sc21. The fraction of sp³-hybridized carbons (Fsp3) is 0.143. The predicted molar refractivity (Wildman–Crippen MR) is 45.6 cm³/mol. The summed E-state index contributed by atoms with van der Waals surface area (Å²) in [6.07, 6.45) is 1.66. The van der Waals surface area contributed by atoms with Crippen molar-refractivity contribution < 1.29 is 9.90 Å². The van der Waals surface area contributed by atoms with Crippen LogP contribution in [0.5, 0.6) is 0 Å². The van der Waals surface area contributed by atoms with E-state index in [9.17, 15) is 4.79 Å². The average molecular weight is 182 g/mol. The van der Waals surface area contributed by atoms with Gasteiger partial charge in [0.1, 0.15) is 9.71 Å². The maximum absolute atomic E-state index is 10.6. The number of carboxylic acids is 1. The van der Waals surface area contributed by atoms with E-state index in [1.165, 1.54) is 11.3 Å². The van der Waals surface area contributed by atoms with Gasteiger partial charge in [-0.15, -0.1) is 11.3 Å². The van der Waals surface area contributed by atoms with Crippen molar-refractivity contribution >= 4 is 27.5 Å².